The van der Waals surface area contributed by atoms with Gasteiger partial charge >= 0.3 is 11.9 Å². The number of ketones is 1. The molecule has 132 valence electrons. The molecule has 0 aliphatic heterocycles. The molecule has 7 heteroatoms. The molecule has 0 amide bonds. The van der Waals surface area contributed by atoms with Crippen LogP contribution >= 0.6 is 0 Å². The van der Waals surface area contributed by atoms with Crippen LogP contribution in [0.15, 0.2) is 18.3 Å². The second-order valence-electron chi connectivity index (χ2n) is 5.53. The number of hydrogen-bond donors (Lipinski definition) is 1. The van der Waals surface area contributed by atoms with Crippen LogP contribution in [0.5, 0.6) is 0 Å². The monoisotopic (exact) mass is 344 g/mol. The van der Waals surface area contributed by atoms with Crippen molar-refractivity contribution < 1.29 is 23.9 Å². The number of nitrogens with zero attached hydrogens (tertiary/aromatic N) is 1. The Morgan fingerprint density at radius 1 is 1.00 bits per heavy atom. The Morgan fingerprint density at radius 3 is 2.28 bits per heavy atom. The van der Waals surface area contributed by atoms with E-state index in [-0.39, 0.29) is 23.3 Å². The van der Waals surface area contributed by atoms with E-state index < -0.39 is 24.3 Å². The fraction of sp³-hybridized carbons (Fsp3) is 0.333. The fourth-order valence-corrected chi connectivity index (χ4v) is 2.46. The summed E-state index contributed by atoms with van der Waals surface area (Å²) >= 11 is 0. The number of ether oxygens (including phenoxy) is 2. The second kappa shape index (κ2) is 7.74. The molecule has 2 rings (SSSR count). The molecule has 2 aromatic heterocycles. The standard InChI is InChI=1S/C18H20N2O5/c1-5-24-18(23)16-12(4)20-11(3)15(16)14(21)9-25-17(22)13-7-6-10(2)19-8-13/h6-8,20H,5,9H2,1-4H3. The first-order valence-corrected chi connectivity index (χ1v) is 7.84. The highest BCUT2D eigenvalue weighted by atomic mass is 16.5. The van der Waals surface area contributed by atoms with Gasteiger partial charge in [0.05, 0.1) is 23.3 Å². The maximum atomic E-state index is 12.5. The Kier molecular flexibility index (Phi) is 5.69. The average molecular weight is 344 g/mol. The number of aryl methyl sites for hydroxylation is 3. The van der Waals surface area contributed by atoms with Gasteiger partial charge in [-0.25, -0.2) is 9.59 Å². The van der Waals surface area contributed by atoms with Gasteiger partial charge in [0.2, 0.25) is 5.78 Å². The lowest BCUT2D eigenvalue weighted by atomic mass is 10.1. The van der Waals surface area contributed by atoms with Crippen LogP contribution in [0, 0.1) is 20.8 Å². The molecule has 2 heterocycles. The fourth-order valence-electron chi connectivity index (χ4n) is 2.46. The summed E-state index contributed by atoms with van der Waals surface area (Å²) in [6.07, 6.45) is 1.39. The Labute approximate surface area is 145 Å². The SMILES string of the molecule is CCOC(=O)c1c(C)[nH]c(C)c1C(=O)COC(=O)c1ccc(C)nc1. The zero-order valence-corrected chi connectivity index (χ0v) is 14.6. The summed E-state index contributed by atoms with van der Waals surface area (Å²) in [6.45, 7) is 6.57. The Balaban J connectivity index is 2.14. The van der Waals surface area contributed by atoms with E-state index >= 15 is 0 Å². The van der Waals surface area contributed by atoms with Crippen LogP contribution in [0.4, 0.5) is 0 Å². The average Bonchev–Trinajstić information content (AvgIpc) is 2.87. The summed E-state index contributed by atoms with van der Waals surface area (Å²) in [4.78, 5) is 43.5. The van der Waals surface area contributed by atoms with Gasteiger partial charge in [-0.1, -0.05) is 0 Å². The van der Waals surface area contributed by atoms with E-state index in [9.17, 15) is 14.4 Å². The number of aromatic nitrogens is 2. The molecule has 0 saturated heterocycles. The number of pyridine rings is 1. The van der Waals surface area contributed by atoms with Crippen molar-refractivity contribution in [1.82, 2.24) is 9.97 Å². The maximum absolute atomic E-state index is 12.5. The number of esters is 2. The lowest BCUT2D eigenvalue weighted by Crippen LogP contribution is -2.18. The van der Waals surface area contributed by atoms with Gasteiger partial charge in [0.1, 0.15) is 0 Å². The van der Waals surface area contributed by atoms with E-state index in [1.165, 1.54) is 6.20 Å². The number of nitrogens with one attached hydrogen (secondary N) is 1. The van der Waals surface area contributed by atoms with Gasteiger partial charge in [0.25, 0.3) is 0 Å². The summed E-state index contributed by atoms with van der Waals surface area (Å²) in [6, 6.07) is 3.25. The minimum Gasteiger partial charge on any atom is -0.462 e. The van der Waals surface area contributed by atoms with Gasteiger partial charge in [-0.3, -0.25) is 9.78 Å². The van der Waals surface area contributed by atoms with E-state index in [2.05, 4.69) is 9.97 Å². The van der Waals surface area contributed by atoms with Crippen molar-refractivity contribution in [2.75, 3.05) is 13.2 Å². The van der Waals surface area contributed by atoms with E-state index in [0.717, 1.165) is 5.69 Å². The molecule has 7 nitrogen and oxygen atoms in total. The number of carbonyl (C=O) groups excluding carboxylic acids is 3. The predicted octanol–water partition coefficient (Wildman–Crippen LogP) is 2.55. The summed E-state index contributed by atoms with van der Waals surface area (Å²) < 4.78 is 10.0. The first-order chi connectivity index (χ1) is 11.8. The molecule has 0 spiro atoms. The molecule has 0 atom stereocenters. The Hall–Kier alpha value is -2.96. The van der Waals surface area contributed by atoms with Gasteiger partial charge in [0, 0.05) is 23.3 Å². The minimum absolute atomic E-state index is 0.178. The number of H-pyrrole nitrogens is 1. The summed E-state index contributed by atoms with van der Waals surface area (Å²) in [5.41, 5.74) is 2.45. The molecule has 0 saturated carbocycles. The van der Waals surface area contributed by atoms with E-state index in [1.54, 1.807) is 39.8 Å². The predicted molar refractivity (Wildman–Crippen MR) is 89.8 cm³/mol. The van der Waals surface area contributed by atoms with Gasteiger partial charge in [-0.2, -0.15) is 0 Å². The molecule has 0 radical (unpaired) electrons. The third-order valence-electron chi connectivity index (χ3n) is 3.61. The molecule has 2 aromatic rings. The summed E-state index contributed by atoms with van der Waals surface area (Å²) in [5.74, 6) is -1.71. The molecule has 0 fully saturated rings. The third kappa shape index (κ3) is 4.12. The molecule has 0 aliphatic rings. The molecule has 0 aromatic carbocycles. The Morgan fingerprint density at radius 2 is 1.68 bits per heavy atom. The van der Waals surface area contributed by atoms with Crippen LogP contribution in [0.1, 0.15) is 55.1 Å². The van der Waals surface area contributed by atoms with Crippen molar-refractivity contribution in [3.05, 3.63) is 52.1 Å². The Bertz CT molecular complexity index is 806. The first kappa shape index (κ1) is 18.4. The smallest absolute Gasteiger partial charge is 0.340 e. The number of Topliss-reactive ketones (excluding diaryl/α,β-unsaturated/α-hetero) is 1. The topological polar surface area (TPSA) is 98.4 Å². The van der Waals surface area contributed by atoms with E-state index in [0.29, 0.717) is 11.4 Å². The zero-order chi connectivity index (χ0) is 18.6. The first-order valence-electron chi connectivity index (χ1n) is 7.84. The van der Waals surface area contributed by atoms with E-state index in [4.69, 9.17) is 9.47 Å². The molecule has 0 aliphatic carbocycles. The van der Waals surface area contributed by atoms with Crippen molar-refractivity contribution >= 4 is 17.7 Å². The van der Waals surface area contributed by atoms with Crippen LogP contribution < -0.4 is 0 Å². The number of carbonyl (C=O) groups is 3. The summed E-state index contributed by atoms with van der Waals surface area (Å²) in [5, 5.41) is 0. The maximum Gasteiger partial charge on any atom is 0.340 e. The number of rotatable bonds is 6. The minimum atomic E-state index is -0.650. The van der Waals surface area contributed by atoms with Gasteiger partial charge in [-0.05, 0) is 39.8 Å². The molecule has 1 N–H and O–H groups in total. The lowest BCUT2D eigenvalue weighted by Gasteiger charge is -2.07. The van der Waals surface area contributed by atoms with Crippen molar-refractivity contribution in [1.29, 1.82) is 0 Å². The van der Waals surface area contributed by atoms with Crippen molar-refractivity contribution in [3.63, 3.8) is 0 Å². The van der Waals surface area contributed by atoms with Crippen molar-refractivity contribution in [2.24, 2.45) is 0 Å². The lowest BCUT2D eigenvalue weighted by molar-refractivity contribution is 0.0471. The van der Waals surface area contributed by atoms with Gasteiger partial charge in [-0.15, -0.1) is 0 Å². The number of hydrogen-bond acceptors (Lipinski definition) is 6. The highest BCUT2D eigenvalue weighted by molar-refractivity contribution is 6.09. The molecule has 0 bridgehead atoms. The second-order valence-corrected chi connectivity index (χ2v) is 5.53. The van der Waals surface area contributed by atoms with Crippen LogP contribution in [0.25, 0.3) is 0 Å². The molecular formula is C18H20N2O5. The largest absolute Gasteiger partial charge is 0.462 e. The highest BCUT2D eigenvalue weighted by Crippen LogP contribution is 2.20. The van der Waals surface area contributed by atoms with E-state index in [1.807, 2.05) is 0 Å². The van der Waals surface area contributed by atoms with Gasteiger partial charge < -0.3 is 14.5 Å². The van der Waals surface area contributed by atoms with Crippen LogP contribution in [-0.2, 0) is 9.47 Å². The normalized spacial score (nSPS) is 10.4. The van der Waals surface area contributed by atoms with Crippen LogP contribution in [-0.4, -0.2) is 40.9 Å². The highest BCUT2D eigenvalue weighted by Gasteiger charge is 2.26. The van der Waals surface area contributed by atoms with Crippen LogP contribution in [0.3, 0.4) is 0 Å². The number of aromatic amines is 1. The summed E-state index contributed by atoms with van der Waals surface area (Å²) in [7, 11) is 0. The van der Waals surface area contributed by atoms with Gasteiger partial charge in [0.15, 0.2) is 6.61 Å². The zero-order valence-electron chi connectivity index (χ0n) is 14.6. The molecule has 0 unspecified atom stereocenters. The van der Waals surface area contributed by atoms with Crippen LogP contribution in [0.2, 0.25) is 0 Å². The van der Waals surface area contributed by atoms with Crippen molar-refractivity contribution in [3.8, 4) is 0 Å². The quantitative estimate of drug-likeness (QED) is 0.639. The third-order valence-corrected chi connectivity index (χ3v) is 3.61. The molecule has 25 heavy (non-hydrogen) atoms. The van der Waals surface area contributed by atoms with Crippen molar-refractivity contribution in [2.45, 2.75) is 27.7 Å². The molecular weight excluding hydrogens is 324 g/mol.